The van der Waals surface area contributed by atoms with Crippen molar-refractivity contribution in [2.75, 3.05) is 13.1 Å². The molecule has 0 bridgehead atoms. The van der Waals surface area contributed by atoms with Crippen LogP contribution in [0.5, 0.6) is 0 Å². The van der Waals surface area contributed by atoms with E-state index in [1.165, 1.54) is 37.1 Å². The van der Waals surface area contributed by atoms with Gasteiger partial charge in [-0.05, 0) is 43.0 Å². The van der Waals surface area contributed by atoms with Crippen molar-refractivity contribution >= 4 is 18.3 Å². The molecule has 4 nitrogen and oxygen atoms in total. The highest BCUT2D eigenvalue weighted by Crippen LogP contribution is 2.16. The highest BCUT2D eigenvalue weighted by atomic mass is 35.5. The number of rotatable bonds is 6. The van der Waals surface area contributed by atoms with E-state index < -0.39 is 6.04 Å². The summed E-state index contributed by atoms with van der Waals surface area (Å²) in [6, 6.07) is 7.90. The first-order valence-electron chi connectivity index (χ1n) is 7.90. The SMILES string of the molecule is CC(C)[C@H](N)C(=O)NCc1ccccc1CN1CCCC1.Cl. The van der Waals surface area contributed by atoms with Crippen molar-refractivity contribution in [3.05, 3.63) is 35.4 Å². The number of nitrogens with two attached hydrogens (primary N) is 1. The van der Waals surface area contributed by atoms with Gasteiger partial charge in [0.25, 0.3) is 0 Å². The summed E-state index contributed by atoms with van der Waals surface area (Å²) in [5, 5.41) is 2.96. The Morgan fingerprint density at radius 3 is 2.41 bits per heavy atom. The van der Waals surface area contributed by atoms with Crippen LogP contribution < -0.4 is 11.1 Å². The Bertz CT molecular complexity index is 473. The molecule has 124 valence electrons. The van der Waals surface area contributed by atoms with Crippen molar-refractivity contribution in [2.45, 2.75) is 45.8 Å². The second kappa shape index (κ2) is 9.13. The molecule has 0 aromatic heterocycles. The summed E-state index contributed by atoms with van der Waals surface area (Å²) < 4.78 is 0. The van der Waals surface area contributed by atoms with E-state index in [9.17, 15) is 4.79 Å². The van der Waals surface area contributed by atoms with Crippen LogP contribution in [0, 0.1) is 5.92 Å². The molecule has 2 rings (SSSR count). The first-order chi connectivity index (χ1) is 10.1. The van der Waals surface area contributed by atoms with Gasteiger partial charge < -0.3 is 11.1 Å². The Labute approximate surface area is 139 Å². The summed E-state index contributed by atoms with van der Waals surface area (Å²) >= 11 is 0. The summed E-state index contributed by atoms with van der Waals surface area (Å²) in [6.07, 6.45) is 2.59. The zero-order valence-corrected chi connectivity index (χ0v) is 14.4. The van der Waals surface area contributed by atoms with Gasteiger partial charge in [-0.15, -0.1) is 12.4 Å². The maximum atomic E-state index is 12.0. The number of hydrogen-bond donors (Lipinski definition) is 2. The average Bonchev–Trinajstić information content (AvgIpc) is 2.98. The van der Waals surface area contributed by atoms with Crippen LogP contribution >= 0.6 is 12.4 Å². The number of hydrogen-bond acceptors (Lipinski definition) is 3. The second-order valence-corrected chi connectivity index (χ2v) is 6.24. The lowest BCUT2D eigenvalue weighted by atomic mass is 10.0. The molecular weight excluding hydrogens is 298 g/mol. The normalized spacial score (nSPS) is 16.4. The van der Waals surface area contributed by atoms with Crippen LogP contribution in [0.1, 0.15) is 37.8 Å². The molecule has 1 amide bonds. The molecule has 1 aliphatic heterocycles. The molecule has 0 saturated carbocycles. The van der Waals surface area contributed by atoms with Crippen LogP contribution in [0.4, 0.5) is 0 Å². The van der Waals surface area contributed by atoms with E-state index in [0.29, 0.717) is 6.54 Å². The van der Waals surface area contributed by atoms with Gasteiger partial charge in [0, 0.05) is 13.1 Å². The lowest BCUT2D eigenvalue weighted by molar-refractivity contribution is -0.123. The molecule has 0 aliphatic carbocycles. The second-order valence-electron chi connectivity index (χ2n) is 6.24. The fourth-order valence-electron chi connectivity index (χ4n) is 2.67. The molecule has 1 heterocycles. The number of carbonyl (C=O) groups excluding carboxylic acids is 1. The molecule has 1 saturated heterocycles. The van der Waals surface area contributed by atoms with E-state index in [0.717, 1.165) is 6.54 Å². The van der Waals surface area contributed by atoms with E-state index >= 15 is 0 Å². The van der Waals surface area contributed by atoms with E-state index in [-0.39, 0.29) is 24.2 Å². The van der Waals surface area contributed by atoms with Crippen LogP contribution in [0.25, 0.3) is 0 Å². The highest BCUT2D eigenvalue weighted by Gasteiger charge is 2.17. The van der Waals surface area contributed by atoms with Gasteiger partial charge in [-0.25, -0.2) is 0 Å². The Balaban J connectivity index is 0.00000242. The maximum absolute atomic E-state index is 12.0. The molecule has 0 unspecified atom stereocenters. The van der Waals surface area contributed by atoms with E-state index in [1.54, 1.807) is 0 Å². The predicted octanol–water partition coefficient (Wildman–Crippen LogP) is 2.30. The molecule has 1 fully saturated rings. The number of likely N-dealkylation sites (tertiary alicyclic amines) is 1. The number of amides is 1. The van der Waals surface area contributed by atoms with E-state index in [4.69, 9.17) is 5.73 Å². The van der Waals surface area contributed by atoms with Crippen molar-refractivity contribution in [3.8, 4) is 0 Å². The largest absolute Gasteiger partial charge is 0.351 e. The minimum atomic E-state index is -0.434. The van der Waals surface area contributed by atoms with Gasteiger partial charge in [-0.1, -0.05) is 38.1 Å². The van der Waals surface area contributed by atoms with Crippen molar-refractivity contribution in [2.24, 2.45) is 11.7 Å². The van der Waals surface area contributed by atoms with Crippen molar-refractivity contribution in [3.63, 3.8) is 0 Å². The van der Waals surface area contributed by atoms with E-state index in [2.05, 4.69) is 28.4 Å². The molecule has 1 atom stereocenters. The monoisotopic (exact) mass is 325 g/mol. The Morgan fingerprint density at radius 2 is 1.82 bits per heavy atom. The molecule has 0 radical (unpaired) electrons. The zero-order chi connectivity index (χ0) is 15.2. The number of benzene rings is 1. The number of nitrogens with one attached hydrogen (secondary N) is 1. The van der Waals surface area contributed by atoms with Crippen LogP contribution in [-0.4, -0.2) is 29.9 Å². The van der Waals surface area contributed by atoms with E-state index in [1.807, 2.05) is 19.9 Å². The quantitative estimate of drug-likeness (QED) is 0.843. The van der Waals surface area contributed by atoms with Gasteiger partial charge in [0.05, 0.1) is 6.04 Å². The van der Waals surface area contributed by atoms with Gasteiger partial charge >= 0.3 is 0 Å². The van der Waals surface area contributed by atoms with Gasteiger partial charge in [0.1, 0.15) is 0 Å². The average molecular weight is 326 g/mol. The Kier molecular flexibility index (Phi) is 7.87. The molecule has 3 N–H and O–H groups in total. The van der Waals surface area contributed by atoms with Gasteiger partial charge in [-0.3, -0.25) is 9.69 Å². The highest BCUT2D eigenvalue weighted by molar-refractivity contribution is 5.85. The summed E-state index contributed by atoms with van der Waals surface area (Å²) in [5.41, 5.74) is 8.37. The fourth-order valence-corrected chi connectivity index (χ4v) is 2.67. The number of halogens is 1. The minimum Gasteiger partial charge on any atom is -0.351 e. The van der Waals surface area contributed by atoms with Crippen LogP contribution in [-0.2, 0) is 17.9 Å². The van der Waals surface area contributed by atoms with Crippen LogP contribution in [0.2, 0.25) is 0 Å². The maximum Gasteiger partial charge on any atom is 0.237 e. The minimum absolute atomic E-state index is 0. The topological polar surface area (TPSA) is 58.4 Å². The van der Waals surface area contributed by atoms with Crippen LogP contribution in [0.3, 0.4) is 0 Å². The summed E-state index contributed by atoms with van der Waals surface area (Å²) in [7, 11) is 0. The number of carbonyl (C=O) groups is 1. The van der Waals surface area contributed by atoms with Gasteiger partial charge in [0.15, 0.2) is 0 Å². The number of nitrogens with zero attached hydrogens (tertiary/aromatic N) is 1. The third kappa shape index (κ3) is 5.27. The van der Waals surface area contributed by atoms with Crippen molar-refractivity contribution in [1.29, 1.82) is 0 Å². The third-order valence-corrected chi connectivity index (χ3v) is 4.19. The Hall–Kier alpha value is -1.10. The lowest BCUT2D eigenvalue weighted by Gasteiger charge is -2.19. The fraction of sp³-hybridized carbons (Fsp3) is 0.588. The summed E-state index contributed by atoms with van der Waals surface area (Å²) in [5.74, 6) is 0.0887. The first kappa shape index (κ1) is 18.9. The van der Waals surface area contributed by atoms with Gasteiger partial charge in [0.2, 0.25) is 5.91 Å². The van der Waals surface area contributed by atoms with Crippen molar-refractivity contribution in [1.82, 2.24) is 10.2 Å². The predicted molar refractivity (Wildman–Crippen MR) is 92.9 cm³/mol. The molecule has 5 heteroatoms. The van der Waals surface area contributed by atoms with Gasteiger partial charge in [-0.2, -0.15) is 0 Å². The first-order valence-corrected chi connectivity index (χ1v) is 7.90. The molecule has 1 aromatic carbocycles. The molecule has 1 aromatic rings. The molecular formula is C17H28ClN3O. The summed E-state index contributed by atoms with van der Waals surface area (Å²) in [6.45, 7) is 7.82. The smallest absolute Gasteiger partial charge is 0.237 e. The third-order valence-electron chi connectivity index (χ3n) is 4.19. The standard InChI is InChI=1S/C17H27N3O.ClH/c1-13(2)16(18)17(21)19-11-14-7-3-4-8-15(14)12-20-9-5-6-10-20;/h3-4,7-8,13,16H,5-6,9-12,18H2,1-2H3,(H,19,21);1H/t16-;/m0./s1. The zero-order valence-electron chi connectivity index (χ0n) is 13.5. The molecule has 1 aliphatic rings. The summed E-state index contributed by atoms with van der Waals surface area (Å²) in [4.78, 5) is 14.4. The van der Waals surface area contributed by atoms with Crippen LogP contribution in [0.15, 0.2) is 24.3 Å². The Morgan fingerprint density at radius 1 is 1.23 bits per heavy atom. The molecule has 22 heavy (non-hydrogen) atoms. The van der Waals surface area contributed by atoms with Crippen molar-refractivity contribution < 1.29 is 4.79 Å². The lowest BCUT2D eigenvalue weighted by Crippen LogP contribution is -2.43. The molecule has 0 spiro atoms.